The third kappa shape index (κ3) is 2.64. The van der Waals surface area contributed by atoms with Crippen LogP contribution in [0.1, 0.15) is 5.56 Å². The van der Waals surface area contributed by atoms with Crippen molar-refractivity contribution in [2.24, 2.45) is 0 Å². The lowest BCUT2D eigenvalue weighted by atomic mass is 10.1. The molecule has 0 fully saturated rings. The summed E-state index contributed by atoms with van der Waals surface area (Å²) in [6, 6.07) is 16.0. The fourth-order valence-corrected chi connectivity index (χ4v) is 1.93. The number of hydrogen-bond acceptors (Lipinski definition) is 4. The Hall–Kier alpha value is -2.75. The summed E-state index contributed by atoms with van der Waals surface area (Å²) in [7, 11) is 0. The lowest BCUT2D eigenvalue weighted by molar-refractivity contribution is 0.578. The topological polar surface area (TPSA) is 64.1 Å². The summed E-state index contributed by atoms with van der Waals surface area (Å²) in [6.07, 6.45) is 1.64. The van der Waals surface area contributed by atoms with Crippen molar-refractivity contribution in [1.82, 2.24) is 4.98 Å². The third-order valence-corrected chi connectivity index (χ3v) is 2.99. The largest absolute Gasteiger partial charge is 0.431 e. The molecule has 0 amide bonds. The Balaban J connectivity index is 1.82. The summed E-state index contributed by atoms with van der Waals surface area (Å²) in [5.74, 6) is 0. The molecule has 1 heterocycles. The quantitative estimate of drug-likeness (QED) is 0.703. The first-order valence-electron chi connectivity index (χ1n) is 6.36. The minimum atomic E-state index is 0.450. The normalized spacial score (nSPS) is 10.4. The average Bonchev–Trinajstić information content (AvgIpc) is 2.88. The van der Waals surface area contributed by atoms with Crippen LogP contribution in [0.15, 0.2) is 59.2 Å². The molecule has 4 heteroatoms. The summed E-state index contributed by atoms with van der Waals surface area (Å²) < 4.78 is 5.43. The lowest BCUT2D eigenvalue weighted by Crippen LogP contribution is -1.92. The van der Waals surface area contributed by atoms with E-state index in [9.17, 15) is 0 Å². The number of rotatable bonds is 3. The molecule has 0 saturated carbocycles. The number of nitrogens with two attached hydrogens (primary N) is 1. The second-order valence-corrected chi connectivity index (χ2v) is 4.65. The zero-order chi connectivity index (χ0) is 13.9. The van der Waals surface area contributed by atoms with Gasteiger partial charge >= 0.3 is 0 Å². The first-order valence-corrected chi connectivity index (χ1v) is 6.36. The van der Waals surface area contributed by atoms with Crippen molar-refractivity contribution in [1.29, 1.82) is 0 Å². The number of benzene rings is 2. The van der Waals surface area contributed by atoms with Crippen LogP contribution in [-0.4, -0.2) is 4.98 Å². The predicted octanol–water partition coefficient (Wildman–Crippen LogP) is 3.98. The van der Waals surface area contributed by atoms with Crippen molar-refractivity contribution in [3.8, 4) is 11.3 Å². The molecule has 0 unspecified atom stereocenters. The Morgan fingerprint density at radius 3 is 2.65 bits per heavy atom. The van der Waals surface area contributed by atoms with Crippen LogP contribution in [0, 0.1) is 6.92 Å². The highest BCUT2D eigenvalue weighted by atomic mass is 16.4. The van der Waals surface area contributed by atoms with Gasteiger partial charge in [-0.3, -0.25) is 0 Å². The van der Waals surface area contributed by atoms with E-state index in [1.54, 1.807) is 6.26 Å². The second-order valence-electron chi connectivity index (χ2n) is 4.65. The molecule has 100 valence electrons. The summed E-state index contributed by atoms with van der Waals surface area (Å²) in [4.78, 5) is 4.42. The monoisotopic (exact) mass is 265 g/mol. The minimum absolute atomic E-state index is 0.450. The van der Waals surface area contributed by atoms with E-state index in [2.05, 4.69) is 29.4 Å². The Morgan fingerprint density at radius 1 is 1.10 bits per heavy atom. The first kappa shape index (κ1) is 12.3. The summed E-state index contributed by atoms with van der Waals surface area (Å²) in [5.41, 5.74) is 10.3. The maximum atomic E-state index is 5.73. The zero-order valence-corrected chi connectivity index (χ0v) is 11.1. The molecule has 2 aromatic carbocycles. The number of oxazole rings is 1. The summed E-state index contributed by atoms with van der Waals surface area (Å²) in [6.45, 7) is 2.05. The molecule has 0 spiro atoms. The maximum absolute atomic E-state index is 5.73. The molecule has 3 aromatic rings. The number of nitrogens with zero attached hydrogens (tertiary/aromatic N) is 1. The second kappa shape index (κ2) is 5.09. The molecule has 0 bridgehead atoms. The Morgan fingerprint density at radius 2 is 1.90 bits per heavy atom. The number of nitrogens with one attached hydrogen (secondary N) is 1. The standard InChI is InChI=1S/C16H15N3O/c1-11-5-7-12(8-6-11)15-10-20-16(19-15)18-14-4-2-3-13(17)9-14/h2-10H,17H2,1H3,(H,18,19). The average molecular weight is 265 g/mol. The van der Waals surface area contributed by atoms with Crippen LogP contribution in [0.25, 0.3) is 11.3 Å². The van der Waals surface area contributed by atoms with Crippen LogP contribution in [0.4, 0.5) is 17.4 Å². The van der Waals surface area contributed by atoms with Crippen molar-refractivity contribution >= 4 is 17.4 Å². The molecule has 1 aromatic heterocycles. The number of nitrogen functional groups attached to an aromatic ring is 1. The molecule has 3 N–H and O–H groups in total. The van der Waals surface area contributed by atoms with E-state index in [0.29, 0.717) is 11.7 Å². The van der Waals surface area contributed by atoms with Crippen molar-refractivity contribution in [2.75, 3.05) is 11.1 Å². The van der Waals surface area contributed by atoms with E-state index in [0.717, 1.165) is 16.9 Å². The highest BCUT2D eigenvalue weighted by Gasteiger charge is 2.06. The van der Waals surface area contributed by atoms with Gasteiger partial charge in [0.1, 0.15) is 12.0 Å². The molecule has 3 rings (SSSR count). The van der Waals surface area contributed by atoms with Gasteiger partial charge in [-0.25, -0.2) is 0 Å². The van der Waals surface area contributed by atoms with Gasteiger partial charge in [0.2, 0.25) is 0 Å². The highest BCUT2D eigenvalue weighted by molar-refractivity contribution is 5.63. The Labute approximate surface area is 117 Å². The third-order valence-electron chi connectivity index (χ3n) is 2.99. The van der Waals surface area contributed by atoms with Gasteiger partial charge in [-0.05, 0) is 25.1 Å². The molecule has 0 aliphatic heterocycles. The van der Waals surface area contributed by atoms with E-state index in [1.807, 2.05) is 36.4 Å². The van der Waals surface area contributed by atoms with Gasteiger partial charge < -0.3 is 15.5 Å². The number of aromatic nitrogens is 1. The maximum Gasteiger partial charge on any atom is 0.299 e. The predicted molar refractivity (Wildman–Crippen MR) is 80.8 cm³/mol. The van der Waals surface area contributed by atoms with Crippen LogP contribution in [-0.2, 0) is 0 Å². The smallest absolute Gasteiger partial charge is 0.299 e. The van der Waals surface area contributed by atoms with Crippen molar-refractivity contribution in [2.45, 2.75) is 6.92 Å². The minimum Gasteiger partial charge on any atom is -0.431 e. The molecule has 0 aliphatic carbocycles. The Kier molecular flexibility index (Phi) is 3.13. The molecular formula is C16H15N3O. The van der Waals surface area contributed by atoms with Crippen LogP contribution < -0.4 is 11.1 Å². The summed E-state index contributed by atoms with van der Waals surface area (Å²) in [5, 5.41) is 3.09. The van der Waals surface area contributed by atoms with Crippen molar-refractivity contribution < 1.29 is 4.42 Å². The van der Waals surface area contributed by atoms with Gasteiger partial charge in [0.15, 0.2) is 0 Å². The molecule has 20 heavy (non-hydrogen) atoms. The van der Waals surface area contributed by atoms with Gasteiger partial charge in [0.05, 0.1) is 0 Å². The molecule has 4 nitrogen and oxygen atoms in total. The Bertz CT molecular complexity index is 717. The van der Waals surface area contributed by atoms with E-state index >= 15 is 0 Å². The number of hydrogen-bond donors (Lipinski definition) is 2. The van der Waals surface area contributed by atoms with Crippen molar-refractivity contribution in [3.63, 3.8) is 0 Å². The first-order chi connectivity index (χ1) is 9.70. The SMILES string of the molecule is Cc1ccc(-c2coc(Nc3cccc(N)c3)n2)cc1. The fraction of sp³-hybridized carbons (Fsp3) is 0.0625. The van der Waals surface area contributed by atoms with E-state index in [4.69, 9.17) is 10.2 Å². The fourth-order valence-electron chi connectivity index (χ4n) is 1.93. The van der Waals surface area contributed by atoms with Gasteiger partial charge in [-0.1, -0.05) is 35.9 Å². The van der Waals surface area contributed by atoms with E-state index in [-0.39, 0.29) is 0 Å². The molecule has 0 aliphatic rings. The van der Waals surface area contributed by atoms with Crippen LogP contribution in [0.2, 0.25) is 0 Å². The van der Waals surface area contributed by atoms with Crippen LogP contribution in [0.3, 0.4) is 0 Å². The van der Waals surface area contributed by atoms with Crippen LogP contribution in [0.5, 0.6) is 0 Å². The van der Waals surface area contributed by atoms with Gasteiger partial charge in [0, 0.05) is 16.9 Å². The summed E-state index contributed by atoms with van der Waals surface area (Å²) >= 11 is 0. The molecular weight excluding hydrogens is 250 g/mol. The van der Waals surface area contributed by atoms with Crippen molar-refractivity contribution in [3.05, 3.63) is 60.4 Å². The molecule has 0 atom stereocenters. The zero-order valence-electron chi connectivity index (χ0n) is 11.1. The van der Waals surface area contributed by atoms with Gasteiger partial charge in [0.25, 0.3) is 6.01 Å². The van der Waals surface area contributed by atoms with Crippen LogP contribution >= 0.6 is 0 Å². The number of aryl methyl sites for hydroxylation is 1. The van der Waals surface area contributed by atoms with E-state index in [1.165, 1.54) is 5.56 Å². The molecule has 0 saturated heterocycles. The van der Waals surface area contributed by atoms with Gasteiger partial charge in [-0.15, -0.1) is 0 Å². The van der Waals surface area contributed by atoms with E-state index < -0.39 is 0 Å². The highest BCUT2D eigenvalue weighted by Crippen LogP contribution is 2.23. The van der Waals surface area contributed by atoms with Gasteiger partial charge in [-0.2, -0.15) is 4.98 Å². The number of anilines is 3. The lowest BCUT2D eigenvalue weighted by Gasteiger charge is -2.01. The molecule has 0 radical (unpaired) electrons.